The first-order valence-electron chi connectivity index (χ1n) is 5.20. The predicted molar refractivity (Wildman–Crippen MR) is 62.6 cm³/mol. The van der Waals surface area contributed by atoms with Crippen molar-refractivity contribution in [3.8, 4) is 11.5 Å². The minimum absolute atomic E-state index is 0.0102. The van der Waals surface area contributed by atoms with Crippen molar-refractivity contribution >= 4 is 5.97 Å². The third-order valence-corrected chi connectivity index (χ3v) is 2.59. The van der Waals surface area contributed by atoms with Gasteiger partial charge in [-0.25, -0.2) is 0 Å². The summed E-state index contributed by atoms with van der Waals surface area (Å²) in [5, 5.41) is 8.94. The van der Waals surface area contributed by atoms with Crippen LogP contribution in [0.4, 0.5) is 0 Å². The molecular weight excluding hydrogens is 222 g/mol. The second kappa shape index (κ2) is 5.03. The maximum atomic E-state index is 10.9. The van der Waals surface area contributed by atoms with Gasteiger partial charge >= 0.3 is 5.97 Å². The van der Waals surface area contributed by atoms with Crippen molar-refractivity contribution in [2.75, 3.05) is 14.2 Å². The Hall–Kier alpha value is -1.78. The Balaban J connectivity index is 3.30. The molecule has 1 rings (SSSR count). The SMILES string of the molecule is COc1cncc(OC)c1C(C)(C)CC(=O)O. The van der Waals surface area contributed by atoms with Gasteiger partial charge in [-0.1, -0.05) is 13.8 Å². The predicted octanol–water partition coefficient (Wildman–Crippen LogP) is 1.85. The molecule has 94 valence electrons. The molecule has 0 amide bonds. The summed E-state index contributed by atoms with van der Waals surface area (Å²) < 4.78 is 10.4. The lowest BCUT2D eigenvalue weighted by atomic mass is 9.81. The fourth-order valence-corrected chi connectivity index (χ4v) is 1.87. The molecule has 1 N–H and O–H groups in total. The number of hydrogen-bond acceptors (Lipinski definition) is 4. The zero-order valence-electron chi connectivity index (χ0n) is 10.5. The Morgan fingerprint density at radius 3 is 2.12 bits per heavy atom. The van der Waals surface area contributed by atoms with Gasteiger partial charge in [0.15, 0.2) is 0 Å². The van der Waals surface area contributed by atoms with Gasteiger partial charge in [0.05, 0.1) is 33.0 Å². The molecule has 0 radical (unpaired) electrons. The summed E-state index contributed by atoms with van der Waals surface area (Å²) in [5.41, 5.74) is 0.130. The second-order valence-electron chi connectivity index (χ2n) is 4.37. The van der Waals surface area contributed by atoms with E-state index in [9.17, 15) is 4.79 Å². The van der Waals surface area contributed by atoms with Crippen LogP contribution in [0.3, 0.4) is 0 Å². The fourth-order valence-electron chi connectivity index (χ4n) is 1.87. The number of hydrogen-bond donors (Lipinski definition) is 1. The largest absolute Gasteiger partial charge is 0.495 e. The average molecular weight is 239 g/mol. The van der Waals surface area contributed by atoms with Crippen LogP contribution in [0.25, 0.3) is 0 Å². The van der Waals surface area contributed by atoms with Gasteiger partial charge in [-0.15, -0.1) is 0 Å². The van der Waals surface area contributed by atoms with Crippen molar-refractivity contribution in [3.63, 3.8) is 0 Å². The topological polar surface area (TPSA) is 68.7 Å². The lowest BCUT2D eigenvalue weighted by Gasteiger charge is -2.26. The van der Waals surface area contributed by atoms with Crippen molar-refractivity contribution in [1.29, 1.82) is 0 Å². The van der Waals surface area contributed by atoms with Crippen molar-refractivity contribution in [2.24, 2.45) is 0 Å². The molecule has 1 heterocycles. The van der Waals surface area contributed by atoms with Crippen molar-refractivity contribution in [1.82, 2.24) is 4.98 Å². The molecule has 1 aromatic rings. The molecule has 0 aliphatic carbocycles. The normalized spacial score (nSPS) is 11.1. The molecule has 0 aromatic carbocycles. The molecule has 0 saturated heterocycles. The van der Waals surface area contributed by atoms with Crippen LogP contribution >= 0.6 is 0 Å². The van der Waals surface area contributed by atoms with Gasteiger partial charge < -0.3 is 14.6 Å². The van der Waals surface area contributed by atoms with Crippen LogP contribution in [0.15, 0.2) is 12.4 Å². The van der Waals surface area contributed by atoms with E-state index in [1.165, 1.54) is 14.2 Å². The van der Waals surface area contributed by atoms with Gasteiger partial charge in [0, 0.05) is 11.0 Å². The molecule has 0 unspecified atom stereocenters. The van der Waals surface area contributed by atoms with E-state index in [1.807, 2.05) is 13.8 Å². The lowest BCUT2D eigenvalue weighted by Crippen LogP contribution is -2.23. The van der Waals surface area contributed by atoms with Gasteiger partial charge in [0.25, 0.3) is 0 Å². The van der Waals surface area contributed by atoms with Gasteiger partial charge in [-0.3, -0.25) is 9.78 Å². The maximum absolute atomic E-state index is 10.9. The van der Waals surface area contributed by atoms with Gasteiger partial charge in [0.1, 0.15) is 11.5 Å². The van der Waals surface area contributed by atoms with Crippen LogP contribution < -0.4 is 9.47 Å². The molecular formula is C12H17NO4. The van der Waals surface area contributed by atoms with E-state index in [-0.39, 0.29) is 6.42 Å². The van der Waals surface area contributed by atoms with E-state index in [1.54, 1.807) is 12.4 Å². The van der Waals surface area contributed by atoms with Crippen LogP contribution in [-0.2, 0) is 10.2 Å². The Labute approximate surface area is 100 Å². The molecule has 0 saturated carbocycles. The Kier molecular flexibility index (Phi) is 3.93. The molecule has 5 heteroatoms. The van der Waals surface area contributed by atoms with Crippen LogP contribution in [0.2, 0.25) is 0 Å². The summed E-state index contributed by atoms with van der Waals surface area (Å²) in [6, 6.07) is 0. The van der Waals surface area contributed by atoms with E-state index >= 15 is 0 Å². The number of carbonyl (C=O) groups is 1. The van der Waals surface area contributed by atoms with Crippen LogP contribution in [0, 0.1) is 0 Å². The Morgan fingerprint density at radius 1 is 1.29 bits per heavy atom. The number of aromatic nitrogens is 1. The summed E-state index contributed by atoms with van der Waals surface area (Å²) in [7, 11) is 3.05. The number of ether oxygens (including phenoxy) is 2. The smallest absolute Gasteiger partial charge is 0.304 e. The maximum Gasteiger partial charge on any atom is 0.304 e. The minimum atomic E-state index is -0.865. The third kappa shape index (κ3) is 2.87. The Bertz CT molecular complexity index is 393. The number of methoxy groups -OCH3 is 2. The zero-order chi connectivity index (χ0) is 13.1. The quantitative estimate of drug-likeness (QED) is 0.849. The third-order valence-electron chi connectivity index (χ3n) is 2.59. The molecule has 0 spiro atoms. The number of rotatable bonds is 5. The highest BCUT2D eigenvalue weighted by molar-refractivity contribution is 5.69. The van der Waals surface area contributed by atoms with Gasteiger partial charge in [0.2, 0.25) is 0 Å². The fraction of sp³-hybridized carbons (Fsp3) is 0.500. The van der Waals surface area contributed by atoms with Crippen molar-refractivity contribution < 1.29 is 19.4 Å². The van der Waals surface area contributed by atoms with Crippen molar-refractivity contribution in [3.05, 3.63) is 18.0 Å². The molecule has 0 aliphatic rings. The van der Waals surface area contributed by atoms with Crippen LogP contribution in [0.5, 0.6) is 11.5 Å². The number of aliphatic carboxylic acids is 1. The highest BCUT2D eigenvalue weighted by atomic mass is 16.5. The first-order valence-corrected chi connectivity index (χ1v) is 5.20. The van der Waals surface area contributed by atoms with Crippen LogP contribution in [-0.4, -0.2) is 30.3 Å². The molecule has 1 aromatic heterocycles. The summed E-state index contributed by atoms with van der Waals surface area (Å²) in [6.45, 7) is 3.67. The zero-order valence-corrected chi connectivity index (χ0v) is 10.5. The van der Waals surface area contributed by atoms with E-state index in [0.29, 0.717) is 11.5 Å². The monoisotopic (exact) mass is 239 g/mol. The van der Waals surface area contributed by atoms with Crippen molar-refractivity contribution in [2.45, 2.75) is 25.7 Å². The summed E-state index contributed by atoms with van der Waals surface area (Å²) in [5.74, 6) is 0.210. The first kappa shape index (κ1) is 13.3. The van der Waals surface area contributed by atoms with E-state index in [2.05, 4.69) is 4.98 Å². The molecule has 0 fully saturated rings. The number of nitrogens with zero attached hydrogens (tertiary/aromatic N) is 1. The summed E-state index contributed by atoms with van der Waals surface area (Å²) in [4.78, 5) is 14.9. The highest BCUT2D eigenvalue weighted by Gasteiger charge is 2.31. The summed E-state index contributed by atoms with van der Waals surface area (Å²) >= 11 is 0. The highest BCUT2D eigenvalue weighted by Crippen LogP contribution is 2.39. The Morgan fingerprint density at radius 2 is 1.76 bits per heavy atom. The lowest BCUT2D eigenvalue weighted by molar-refractivity contribution is -0.138. The first-order chi connectivity index (χ1) is 7.92. The molecule has 0 atom stereocenters. The number of pyridine rings is 1. The second-order valence-corrected chi connectivity index (χ2v) is 4.37. The van der Waals surface area contributed by atoms with Gasteiger partial charge in [-0.05, 0) is 0 Å². The average Bonchev–Trinajstić information content (AvgIpc) is 2.26. The molecule has 17 heavy (non-hydrogen) atoms. The van der Waals surface area contributed by atoms with E-state index in [4.69, 9.17) is 14.6 Å². The minimum Gasteiger partial charge on any atom is -0.495 e. The van der Waals surface area contributed by atoms with Crippen LogP contribution in [0.1, 0.15) is 25.8 Å². The van der Waals surface area contributed by atoms with Gasteiger partial charge in [-0.2, -0.15) is 0 Å². The van der Waals surface area contributed by atoms with E-state index < -0.39 is 11.4 Å². The molecule has 5 nitrogen and oxygen atoms in total. The standard InChI is InChI=1S/C12H17NO4/c1-12(2,5-10(14)15)11-8(16-3)6-13-7-9(11)17-4/h6-7H,5H2,1-4H3,(H,14,15). The molecule has 0 bridgehead atoms. The summed E-state index contributed by atoms with van der Waals surface area (Å²) in [6.07, 6.45) is 3.10. The number of carboxylic acids is 1. The number of carboxylic acid groups (broad SMARTS) is 1. The van der Waals surface area contributed by atoms with E-state index in [0.717, 1.165) is 5.56 Å². The molecule has 0 aliphatic heterocycles.